The average Bonchev–Trinajstić information content (AvgIpc) is 3.69. The zero-order valence-corrected chi connectivity index (χ0v) is 31.7. The van der Waals surface area contributed by atoms with E-state index in [0.29, 0.717) is 0 Å². The van der Waals surface area contributed by atoms with Gasteiger partial charge in [0.15, 0.2) is 0 Å². The maximum atomic E-state index is 6.64. The summed E-state index contributed by atoms with van der Waals surface area (Å²) in [6, 6.07) is 80.7. The fraction of sp³-hybridized carbons (Fsp3) is 0. The summed E-state index contributed by atoms with van der Waals surface area (Å²) >= 11 is 0. The number of fused-ring (bicyclic) bond motifs is 6. The number of para-hydroxylation sites is 1. The van der Waals surface area contributed by atoms with Crippen LogP contribution in [-0.4, -0.2) is 0 Å². The van der Waals surface area contributed by atoms with E-state index in [1.165, 1.54) is 49.5 Å². The van der Waals surface area contributed by atoms with Gasteiger partial charge in [0.1, 0.15) is 11.2 Å². The average molecular weight is 740 g/mol. The molecule has 0 radical (unpaired) electrons. The highest BCUT2D eigenvalue weighted by Gasteiger charge is 2.20. The van der Waals surface area contributed by atoms with Gasteiger partial charge in [-0.3, -0.25) is 0 Å². The van der Waals surface area contributed by atoms with Crippen molar-refractivity contribution in [1.82, 2.24) is 0 Å². The van der Waals surface area contributed by atoms with E-state index in [1.54, 1.807) is 0 Å². The first-order chi connectivity index (χ1) is 28.7. The van der Waals surface area contributed by atoms with Crippen molar-refractivity contribution in [3.05, 3.63) is 224 Å². The van der Waals surface area contributed by atoms with Gasteiger partial charge in [-0.25, -0.2) is 0 Å². The number of benzene rings is 10. The van der Waals surface area contributed by atoms with Crippen molar-refractivity contribution in [2.45, 2.75) is 0 Å². The minimum absolute atomic E-state index is 0.878. The summed E-state index contributed by atoms with van der Waals surface area (Å²) < 4.78 is 6.64. The van der Waals surface area contributed by atoms with Crippen molar-refractivity contribution < 1.29 is 4.42 Å². The first-order valence-corrected chi connectivity index (χ1v) is 19.8. The van der Waals surface area contributed by atoms with Crippen molar-refractivity contribution in [2.75, 3.05) is 4.90 Å². The molecule has 0 aliphatic rings. The Morgan fingerprint density at radius 3 is 1.64 bits per heavy atom. The molecule has 0 saturated carbocycles. The van der Waals surface area contributed by atoms with Crippen molar-refractivity contribution in [3.63, 3.8) is 0 Å². The van der Waals surface area contributed by atoms with E-state index in [4.69, 9.17) is 4.42 Å². The van der Waals surface area contributed by atoms with Crippen LogP contribution in [0.5, 0.6) is 0 Å². The molecule has 0 unspecified atom stereocenters. The van der Waals surface area contributed by atoms with E-state index in [9.17, 15) is 0 Å². The minimum Gasteiger partial charge on any atom is -0.456 e. The Morgan fingerprint density at radius 2 is 0.845 bits per heavy atom. The fourth-order valence-corrected chi connectivity index (χ4v) is 8.58. The summed E-state index contributed by atoms with van der Waals surface area (Å²) in [4.78, 5) is 2.38. The Bertz CT molecular complexity index is 3270. The van der Waals surface area contributed by atoms with E-state index in [-0.39, 0.29) is 0 Å². The molecule has 0 bridgehead atoms. The van der Waals surface area contributed by atoms with Gasteiger partial charge < -0.3 is 9.32 Å². The minimum atomic E-state index is 0.878. The van der Waals surface area contributed by atoms with Gasteiger partial charge in [0.25, 0.3) is 0 Å². The second-order valence-electron chi connectivity index (χ2n) is 14.9. The molecular weight excluding hydrogens is 703 g/mol. The van der Waals surface area contributed by atoms with Gasteiger partial charge >= 0.3 is 0 Å². The summed E-state index contributed by atoms with van der Waals surface area (Å²) in [5, 5.41) is 7.05. The van der Waals surface area contributed by atoms with Gasteiger partial charge in [-0.15, -0.1) is 0 Å². The quantitative estimate of drug-likeness (QED) is 0.162. The molecule has 0 N–H and O–H groups in total. The Labute approximate surface area is 337 Å². The van der Waals surface area contributed by atoms with Crippen molar-refractivity contribution in [2.24, 2.45) is 0 Å². The molecular formula is C56H37NO. The smallest absolute Gasteiger partial charge is 0.136 e. The van der Waals surface area contributed by atoms with Gasteiger partial charge in [0.05, 0.1) is 0 Å². The van der Waals surface area contributed by atoms with E-state index in [0.717, 1.165) is 55.5 Å². The molecule has 0 atom stereocenters. The molecule has 11 aromatic rings. The fourth-order valence-electron chi connectivity index (χ4n) is 8.58. The highest BCUT2D eigenvalue weighted by molar-refractivity contribution is 6.22. The van der Waals surface area contributed by atoms with Gasteiger partial charge in [-0.1, -0.05) is 164 Å². The Hall–Kier alpha value is -7.68. The molecule has 0 fully saturated rings. The molecule has 10 aromatic carbocycles. The number of hydrogen-bond acceptors (Lipinski definition) is 2. The normalized spacial score (nSPS) is 11.4. The van der Waals surface area contributed by atoms with Crippen LogP contribution in [0.3, 0.4) is 0 Å². The second-order valence-corrected chi connectivity index (χ2v) is 14.9. The summed E-state index contributed by atoms with van der Waals surface area (Å²) in [5.41, 5.74) is 14.4. The lowest BCUT2D eigenvalue weighted by Crippen LogP contribution is -2.10. The summed E-state index contributed by atoms with van der Waals surface area (Å²) in [7, 11) is 0. The molecule has 0 aliphatic carbocycles. The summed E-state index contributed by atoms with van der Waals surface area (Å²) in [6.07, 6.45) is 0. The first kappa shape index (κ1) is 33.6. The SMILES string of the molecule is c1ccc(-c2cccc(-c3cc4oc5ccccc5c4c4cc(N(c5ccc(-c6ccc7ccccc7c6)cc5)c5cccc(-c6ccccc6)c5)ccc34)c2)cc1. The molecule has 0 amide bonds. The van der Waals surface area contributed by atoms with Crippen LogP contribution in [-0.2, 0) is 0 Å². The van der Waals surface area contributed by atoms with Gasteiger partial charge in [0, 0.05) is 27.8 Å². The first-order valence-electron chi connectivity index (χ1n) is 19.8. The maximum Gasteiger partial charge on any atom is 0.136 e. The Balaban J connectivity index is 1.11. The van der Waals surface area contributed by atoms with Gasteiger partial charge in [-0.05, 0) is 127 Å². The predicted molar refractivity (Wildman–Crippen MR) is 245 cm³/mol. The van der Waals surface area contributed by atoms with Gasteiger partial charge in [0.2, 0.25) is 0 Å². The third kappa shape index (κ3) is 6.00. The third-order valence-electron chi connectivity index (χ3n) is 11.4. The number of hydrogen-bond donors (Lipinski definition) is 0. The number of nitrogens with zero attached hydrogens (tertiary/aromatic N) is 1. The van der Waals surface area contributed by atoms with Crippen LogP contribution in [0.1, 0.15) is 0 Å². The summed E-state index contributed by atoms with van der Waals surface area (Å²) in [5.74, 6) is 0. The van der Waals surface area contributed by atoms with Crippen LogP contribution in [0.4, 0.5) is 17.1 Å². The molecule has 0 saturated heterocycles. The topological polar surface area (TPSA) is 16.4 Å². The van der Waals surface area contributed by atoms with Crippen LogP contribution in [0.15, 0.2) is 229 Å². The second kappa shape index (κ2) is 14.1. The lowest BCUT2D eigenvalue weighted by Gasteiger charge is -2.27. The van der Waals surface area contributed by atoms with Crippen LogP contribution < -0.4 is 4.90 Å². The van der Waals surface area contributed by atoms with Crippen LogP contribution in [0, 0.1) is 0 Å². The van der Waals surface area contributed by atoms with Crippen molar-refractivity contribution in [1.29, 1.82) is 0 Å². The highest BCUT2D eigenvalue weighted by Crippen LogP contribution is 2.45. The monoisotopic (exact) mass is 739 g/mol. The molecule has 1 heterocycles. The number of rotatable bonds is 7. The Morgan fingerprint density at radius 1 is 0.276 bits per heavy atom. The van der Waals surface area contributed by atoms with Crippen LogP contribution >= 0.6 is 0 Å². The largest absolute Gasteiger partial charge is 0.456 e. The number of furan rings is 1. The zero-order chi connectivity index (χ0) is 38.4. The lowest BCUT2D eigenvalue weighted by atomic mass is 9.92. The van der Waals surface area contributed by atoms with Crippen LogP contribution in [0.2, 0.25) is 0 Å². The lowest BCUT2D eigenvalue weighted by molar-refractivity contribution is 0.669. The van der Waals surface area contributed by atoms with E-state index < -0.39 is 0 Å². The van der Waals surface area contributed by atoms with Gasteiger partial charge in [-0.2, -0.15) is 0 Å². The molecule has 2 heteroatoms. The molecule has 1 aromatic heterocycles. The van der Waals surface area contributed by atoms with E-state index in [2.05, 4.69) is 223 Å². The zero-order valence-electron chi connectivity index (χ0n) is 31.7. The Kier molecular flexibility index (Phi) is 8.19. The molecule has 0 aliphatic heterocycles. The molecule has 2 nitrogen and oxygen atoms in total. The van der Waals surface area contributed by atoms with E-state index >= 15 is 0 Å². The number of anilines is 3. The molecule has 58 heavy (non-hydrogen) atoms. The van der Waals surface area contributed by atoms with E-state index in [1.807, 2.05) is 6.07 Å². The molecule has 11 rings (SSSR count). The molecule has 0 spiro atoms. The highest BCUT2D eigenvalue weighted by atomic mass is 16.3. The standard InChI is InChI=1S/C56H37NO/c1-3-13-38(14-4-1)43-19-11-21-46(34-43)52-37-55-56(51-23-9-10-24-54(51)58-55)53-36-49(31-32-50(52)53)57(48-22-12-20-44(35-48)39-15-5-2-6-16-39)47-29-27-41(28-30-47)45-26-25-40-17-7-8-18-42(40)33-45/h1-37H. The third-order valence-corrected chi connectivity index (χ3v) is 11.4. The predicted octanol–water partition coefficient (Wildman–Crippen LogP) is 16.0. The maximum absolute atomic E-state index is 6.64. The summed E-state index contributed by atoms with van der Waals surface area (Å²) in [6.45, 7) is 0. The molecule has 272 valence electrons. The van der Waals surface area contributed by atoms with Crippen LogP contribution in [0.25, 0.3) is 88.0 Å². The van der Waals surface area contributed by atoms with Crippen molar-refractivity contribution in [3.8, 4) is 44.5 Å². The van der Waals surface area contributed by atoms with Crippen molar-refractivity contribution >= 4 is 60.5 Å².